The molecule has 5 aliphatic rings. The Morgan fingerprint density at radius 1 is 1.11 bits per heavy atom. The number of hydrogen-bond donors (Lipinski definition) is 1. The van der Waals surface area contributed by atoms with Crippen LogP contribution in [0.1, 0.15) is 40.4 Å². The predicted molar refractivity (Wildman–Crippen MR) is 104 cm³/mol. The van der Waals surface area contributed by atoms with Crippen molar-refractivity contribution >= 4 is 5.91 Å². The van der Waals surface area contributed by atoms with E-state index < -0.39 is 0 Å². The van der Waals surface area contributed by atoms with Crippen molar-refractivity contribution in [2.75, 3.05) is 26.4 Å². The first-order chi connectivity index (χ1) is 13.7. The van der Waals surface area contributed by atoms with Crippen molar-refractivity contribution in [3.63, 3.8) is 0 Å². The SMILES string of the molecule is Cc1c[nH]c(C(=O)N2C[C@H](c3ccc4c(c3)OCO4)[C@@H]3[C@H]2C2CCN3CC2)c1. The van der Waals surface area contributed by atoms with E-state index in [4.69, 9.17) is 9.47 Å². The Kier molecular flexibility index (Phi) is 3.54. The number of fused-ring (bicyclic) bond motifs is 3. The van der Waals surface area contributed by atoms with Gasteiger partial charge >= 0.3 is 0 Å². The molecule has 0 aliphatic carbocycles. The van der Waals surface area contributed by atoms with E-state index in [9.17, 15) is 4.79 Å². The number of carbonyl (C=O) groups is 1. The largest absolute Gasteiger partial charge is 0.454 e. The summed E-state index contributed by atoms with van der Waals surface area (Å²) in [5.41, 5.74) is 3.06. The normalized spacial score (nSPS) is 32.6. The highest BCUT2D eigenvalue weighted by molar-refractivity contribution is 5.93. The number of hydrogen-bond acceptors (Lipinski definition) is 4. The molecule has 4 saturated heterocycles. The van der Waals surface area contributed by atoms with Gasteiger partial charge in [0.1, 0.15) is 5.69 Å². The average Bonchev–Trinajstić information content (AvgIpc) is 3.46. The van der Waals surface area contributed by atoms with Crippen molar-refractivity contribution in [2.24, 2.45) is 5.92 Å². The van der Waals surface area contributed by atoms with Crippen LogP contribution in [-0.4, -0.2) is 59.2 Å². The molecule has 6 heteroatoms. The minimum Gasteiger partial charge on any atom is -0.454 e. The number of benzene rings is 1. The minimum atomic E-state index is 0.139. The van der Waals surface area contributed by atoms with Crippen LogP contribution in [-0.2, 0) is 0 Å². The van der Waals surface area contributed by atoms with Crippen LogP contribution in [0.4, 0.5) is 0 Å². The fourth-order valence-electron chi connectivity index (χ4n) is 5.87. The third kappa shape index (κ3) is 2.33. The van der Waals surface area contributed by atoms with Gasteiger partial charge in [0.05, 0.1) is 6.04 Å². The molecular weight excluding hydrogens is 354 g/mol. The fraction of sp³-hybridized carbons (Fsp3) is 0.500. The summed E-state index contributed by atoms with van der Waals surface area (Å²) in [6.45, 7) is 5.37. The average molecular weight is 379 g/mol. The Bertz CT molecular complexity index is 931. The van der Waals surface area contributed by atoms with Gasteiger partial charge in [0, 0.05) is 24.7 Å². The lowest BCUT2D eigenvalue weighted by Gasteiger charge is -2.51. The van der Waals surface area contributed by atoms with Gasteiger partial charge in [-0.05, 0) is 68.1 Å². The van der Waals surface area contributed by atoms with Crippen LogP contribution in [0.25, 0.3) is 0 Å². The van der Waals surface area contributed by atoms with E-state index in [0.29, 0.717) is 36.4 Å². The van der Waals surface area contributed by atoms with Crippen LogP contribution in [0.5, 0.6) is 11.5 Å². The molecule has 4 fully saturated rings. The summed E-state index contributed by atoms with van der Waals surface area (Å²) in [5, 5.41) is 0. The highest BCUT2D eigenvalue weighted by Gasteiger charge is 2.54. The van der Waals surface area contributed by atoms with E-state index in [2.05, 4.69) is 26.9 Å². The molecule has 1 amide bonds. The molecule has 0 radical (unpaired) electrons. The molecule has 0 saturated carbocycles. The van der Waals surface area contributed by atoms with Crippen LogP contribution in [0.15, 0.2) is 30.5 Å². The van der Waals surface area contributed by atoms with Crippen molar-refractivity contribution in [1.82, 2.24) is 14.8 Å². The topological polar surface area (TPSA) is 57.8 Å². The number of nitrogens with one attached hydrogen (secondary N) is 1. The molecule has 1 N–H and O–H groups in total. The number of carbonyl (C=O) groups excluding carboxylic acids is 1. The van der Waals surface area contributed by atoms with Crippen molar-refractivity contribution in [3.8, 4) is 11.5 Å². The molecule has 28 heavy (non-hydrogen) atoms. The summed E-state index contributed by atoms with van der Waals surface area (Å²) < 4.78 is 11.1. The maximum atomic E-state index is 13.4. The van der Waals surface area contributed by atoms with E-state index in [1.165, 1.54) is 18.4 Å². The summed E-state index contributed by atoms with van der Waals surface area (Å²) in [5.74, 6) is 2.70. The van der Waals surface area contributed by atoms with Crippen LogP contribution in [0, 0.1) is 12.8 Å². The van der Waals surface area contributed by atoms with Crippen LogP contribution < -0.4 is 9.47 Å². The number of aromatic amines is 1. The second-order valence-corrected chi connectivity index (χ2v) is 8.62. The van der Waals surface area contributed by atoms with Crippen molar-refractivity contribution < 1.29 is 14.3 Å². The Morgan fingerprint density at radius 2 is 1.93 bits per heavy atom. The second-order valence-electron chi connectivity index (χ2n) is 8.62. The van der Waals surface area contributed by atoms with E-state index in [-0.39, 0.29) is 5.91 Å². The molecule has 7 rings (SSSR count). The quantitative estimate of drug-likeness (QED) is 0.872. The maximum Gasteiger partial charge on any atom is 0.270 e. The lowest BCUT2D eigenvalue weighted by molar-refractivity contribution is -0.00357. The number of nitrogens with zero attached hydrogens (tertiary/aromatic N) is 2. The molecule has 0 unspecified atom stereocenters. The molecular formula is C22H25N3O3. The fourth-order valence-corrected chi connectivity index (χ4v) is 5.87. The maximum absolute atomic E-state index is 13.4. The number of likely N-dealkylation sites (tertiary alicyclic amines) is 1. The van der Waals surface area contributed by atoms with Gasteiger partial charge in [-0.15, -0.1) is 0 Å². The van der Waals surface area contributed by atoms with Gasteiger partial charge in [-0.2, -0.15) is 0 Å². The number of aryl methyl sites for hydroxylation is 1. The Labute approximate surface area is 164 Å². The third-order valence-corrected chi connectivity index (χ3v) is 7.14. The van der Waals surface area contributed by atoms with Gasteiger partial charge < -0.3 is 19.4 Å². The van der Waals surface area contributed by atoms with Gasteiger partial charge in [-0.25, -0.2) is 0 Å². The van der Waals surface area contributed by atoms with Crippen molar-refractivity contribution in [2.45, 2.75) is 37.8 Å². The molecule has 1 aromatic carbocycles. The number of ether oxygens (including phenoxy) is 2. The Hall–Kier alpha value is -2.47. The number of H-pyrrole nitrogens is 1. The number of aromatic nitrogens is 1. The molecule has 1 aromatic heterocycles. The molecule has 6 nitrogen and oxygen atoms in total. The lowest BCUT2D eigenvalue weighted by Crippen LogP contribution is -2.60. The zero-order chi connectivity index (χ0) is 18.8. The van der Waals surface area contributed by atoms with Crippen LogP contribution >= 0.6 is 0 Å². The molecule has 6 heterocycles. The van der Waals surface area contributed by atoms with Gasteiger partial charge in [0.2, 0.25) is 6.79 Å². The molecule has 2 aromatic rings. The highest BCUT2D eigenvalue weighted by Crippen LogP contribution is 2.48. The van der Waals surface area contributed by atoms with E-state index in [1.807, 2.05) is 25.3 Å². The van der Waals surface area contributed by atoms with Gasteiger partial charge in [-0.3, -0.25) is 9.69 Å². The highest BCUT2D eigenvalue weighted by atomic mass is 16.7. The lowest BCUT2D eigenvalue weighted by atomic mass is 9.75. The van der Waals surface area contributed by atoms with Crippen molar-refractivity contribution in [3.05, 3.63) is 47.3 Å². The first kappa shape index (κ1) is 16.5. The van der Waals surface area contributed by atoms with Gasteiger partial charge in [0.15, 0.2) is 11.5 Å². The molecule has 5 aliphatic heterocycles. The summed E-state index contributed by atoms with van der Waals surface area (Å²) in [4.78, 5) is 21.3. The van der Waals surface area contributed by atoms with E-state index in [1.54, 1.807) is 0 Å². The van der Waals surface area contributed by atoms with Crippen molar-refractivity contribution in [1.29, 1.82) is 0 Å². The van der Waals surface area contributed by atoms with Crippen LogP contribution in [0.3, 0.4) is 0 Å². The van der Waals surface area contributed by atoms with E-state index >= 15 is 0 Å². The van der Waals surface area contributed by atoms with E-state index in [0.717, 1.165) is 36.7 Å². The van der Waals surface area contributed by atoms with Crippen LogP contribution in [0.2, 0.25) is 0 Å². The second kappa shape index (κ2) is 6.01. The Morgan fingerprint density at radius 3 is 2.71 bits per heavy atom. The third-order valence-electron chi connectivity index (χ3n) is 7.14. The monoisotopic (exact) mass is 379 g/mol. The first-order valence-corrected chi connectivity index (χ1v) is 10.3. The van der Waals surface area contributed by atoms with Gasteiger partial charge in [-0.1, -0.05) is 6.07 Å². The zero-order valence-corrected chi connectivity index (χ0v) is 16.1. The predicted octanol–water partition coefficient (Wildman–Crippen LogP) is 2.75. The first-order valence-electron chi connectivity index (χ1n) is 10.3. The zero-order valence-electron chi connectivity index (χ0n) is 16.1. The summed E-state index contributed by atoms with van der Waals surface area (Å²) in [6, 6.07) is 8.96. The minimum absolute atomic E-state index is 0.139. The molecule has 2 bridgehead atoms. The molecule has 146 valence electrons. The number of rotatable bonds is 2. The smallest absolute Gasteiger partial charge is 0.270 e. The summed E-state index contributed by atoms with van der Waals surface area (Å²) in [6.07, 6.45) is 4.30. The standard InChI is InChI=1S/C22H25N3O3/c1-13-8-17(23-10-13)22(26)25-11-16(15-2-3-18-19(9-15)28-12-27-18)21-20(25)14-4-6-24(21)7-5-14/h2-3,8-10,14,16,20-21,23H,4-7,11-12H2,1H3/t16-,20-,21-/m1/s1. The number of amides is 1. The Balaban J connectivity index is 1.38. The summed E-state index contributed by atoms with van der Waals surface area (Å²) >= 11 is 0. The summed E-state index contributed by atoms with van der Waals surface area (Å²) in [7, 11) is 0. The van der Waals surface area contributed by atoms with Gasteiger partial charge in [0.25, 0.3) is 5.91 Å². The molecule has 0 spiro atoms. The molecule has 3 atom stereocenters. The number of piperidine rings is 3.